The highest BCUT2D eigenvalue weighted by Gasteiger charge is 2.09. The minimum absolute atomic E-state index is 0.0642. The quantitative estimate of drug-likeness (QED) is 0.196. The molecule has 0 atom stereocenters. The summed E-state index contributed by atoms with van der Waals surface area (Å²) in [5.74, 6) is 9.92. The Kier molecular flexibility index (Phi) is 4.45. The molecule has 0 saturated heterocycles. The number of carbonyl (C=O) groups excluding carboxylic acids is 1. The number of hydrazine groups is 1. The van der Waals surface area contributed by atoms with Gasteiger partial charge in [0.25, 0.3) is 0 Å². The van der Waals surface area contributed by atoms with Crippen LogP contribution in [-0.4, -0.2) is 29.6 Å². The fourth-order valence-corrected chi connectivity index (χ4v) is 0.572. The Bertz CT molecular complexity index is 244. The van der Waals surface area contributed by atoms with Crippen LogP contribution in [0.3, 0.4) is 0 Å². The lowest BCUT2D eigenvalue weighted by Gasteiger charge is -2.12. The van der Waals surface area contributed by atoms with Gasteiger partial charge in [-0.05, 0) is 0 Å². The molecule has 0 aromatic rings. The van der Waals surface area contributed by atoms with Crippen LogP contribution in [0.5, 0.6) is 0 Å². The largest absolute Gasteiger partial charge is 0.379 e. The van der Waals surface area contributed by atoms with Crippen LogP contribution in [0, 0.1) is 0 Å². The lowest BCUT2D eigenvalue weighted by Crippen LogP contribution is -2.43. The van der Waals surface area contributed by atoms with Crippen molar-refractivity contribution in [3.8, 4) is 0 Å². The predicted octanol–water partition coefficient (Wildman–Crippen LogP) is -1.64. The highest BCUT2D eigenvalue weighted by atomic mass is 16.1. The zero-order valence-electron chi connectivity index (χ0n) is 7.69. The van der Waals surface area contributed by atoms with Crippen LogP contribution in [0.15, 0.2) is 10.1 Å². The van der Waals surface area contributed by atoms with Crippen LogP contribution >= 0.6 is 0 Å². The molecule has 0 radical (unpaired) electrons. The van der Waals surface area contributed by atoms with E-state index in [0.717, 1.165) is 5.01 Å². The molecule has 0 unspecified atom stereocenters. The van der Waals surface area contributed by atoms with Crippen molar-refractivity contribution in [3.05, 3.63) is 0 Å². The van der Waals surface area contributed by atoms with Crippen molar-refractivity contribution in [2.45, 2.75) is 13.3 Å². The second-order valence-electron chi connectivity index (χ2n) is 2.31. The van der Waals surface area contributed by atoms with E-state index in [1.54, 1.807) is 6.92 Å². The SMILES string of the molecule is CCC(=O)N=C(C(N)=NN)N(C)N. The molecule has 0 spiro atoms. The van der Waals surface area contributed by atoms with E-state index < -0.39 is 0 Å². The summed E-state index contributed by atoms with van der Waals surface area (Å²) in [4.78, 5) is 14.5. The lowest BCUT2D eigenvalue weighted by molar-refractivity contribution is -0.117. The predicted molar refractivity (Wildman–Crippen MR) is 50.5 cm³/mol. The third-order valence-electron chi connectivity index (χ3n) is 1.24. The maximum absolute atomic E-state index is 10.9. The van der Waals surface area contributed by atoms with Gasteiger partial charge >= 0.3 is 0 Å². The molecule has 7 nitrogen and oxygen atoms in total. The van der Waals surface area contributed by atoms with E-state index in [1.807, 2.05) is 0 Å². The van der Waals surface area contributed by atoms with Gasteiger partial charge in [-0.15, -0.1) is 0 Å². The molecule has 0 saturated carbocycles. The van der Waals surface area contributed by atoms with Gasteiger partial charge < -0.3 is 11.6 Å². The molecule has 0 aromatic heterocycles. The first-order chi connectivity index (χ1) is 6.02. The number of hydrazone groups is 1. The number of hydrogen-bond donors (Lipinski definition) is 3. The summed E-state index contributed by atoms with van der Waals surface area (Å²) in [6, 6.07) is 0. The normalized spacial score (nSPS) is 12.8. The zero-order chi connectivity index (χ0) is 10.4. The van der Waals surface area contributed by atoms with Crippen LogP contribution in [0.2, 0.25) is 0 Å². The highest BCUT2D eigenvalue weighted by molar-refractivity contribution is 6.40. The van der Waals surface area contributed by atoms with Crippen molar-refractivity contribution in [1.82, 2.24) is 5.01 Å². The molecule has 6 N–H and O–H groups in total. The maximum Gasteiger partial charge on any atom is 0.247 e. The summed E-state index contributed by atoms with van der Waals surface area (Å²) >= 11 is 0. The Morgan fingerprint density at radius 3 is 2.38 bits per heavy atom. The number of amidine groups is 2. The summed E-state index contributed by atoms with van der Waals surface area (Å²) in [5.41, 5.74) is 5.34. The Labute approximate surface area is 76.2 Å². The molecule has 0 heterocycles. The van der Waals surface area contributed by atoms with Gasteiger partial charge in [0, 0.05) is 13.5 Å². The van der Waals surface area contributed by atoms with E-state index in [1.165, 1.54) is 7.05 Å². The van der Waals surface area contributed by atoms with Gasteiger partial charge in [-0.2, -0.15) is 10.1 Å². The third kappa shape index (κ3) is 3.52. The Morgan fingerprint density at radius 2 is 2.08 bits per heavy atom. The standard InChI is InChI=1S/C6H14N6O/c1-3-4(13)10-6(12(2)9)5(7)11-8/h3,8-9H2,1-2H3,(H2,7,11). The van der Waals surface area contributed by atoms with E-state index in [0.29, 0.717) is 0 Å². The van der Waals surface area contributed by atoms with Crippen molar-refractivity contribution in [2.75, 3.05) is 7.05 Å². The number of amides is 1. The number of nitrogens with two attached hydrogens (primary N) is 3. The second-order valence-corrected chi connectivity index (χ2v) is 2.31. The Balaban J connectivity index is 4.81. The van der Waals surface area contributed by atoms with E-state index in [-0.39, 0.29) is 24.0 Å². The topological polar surface area (TPSA) is 123 Å². The van der Waals surface area contributed by atoms with Crippen molar-refractivity contribution >= 4 is 17.6 Å². The summed E-state index contributed by atoms with van der Waals surface area (Å²) in [7, 11) is 1.49. The van der Waals surface area contributed by atoms with Crippen LogP contribution in [-0.2, 0) is 4.79 Å². The van der Waals surface area contributed by atoms with Crippen molar-refractivity contribution in [3.63, 3.8) is 0 Å². The van der Waals surface area contributed by atoms with Gasteiger partial charge in [-0.3, -0.25) is 9.80 Å². The molecule has 0 fully saturated rings. The fraction of sp³-hybridized carbons (Fsp3) is 0.500. The number of carbonyl (C=O) groups is 1. The Hall–Kier alpha value is -1.63. The first-order valence-corrected chi connectivity index (χ1v) is 3.66. The van der Waals surface area contributed by atoms with Crippen molar-refractivity contribution in [2.24, 2.45) is 27.5 Å². The first-order valence-electron chi connectivity index (χ1n) is 3.66. The summed E-state index contributed by atoms with van der Waals surface area (Å²) in [6.07, 6.45) is 0.273. The van der Waals surface area contributed by atoms with Crippen molar-refractivity contribution in [1.29, 1.82) is 0 Å². The van der Waals surface area contributed by atoms with E-state index in [4.69, 9.17) is 17.4 Å². The molecule has 7 heteroatoms. The maximum atomic E-state index is 10.9. The smallest absolute Gasteiger partial charge is 0.247 e. The van der Waals surface area contributed by atoms with Gasteiger partial charge in [0.15, 0.2) is 11.7 Å². The molecule has 13 heavy (non-hydrogen) atoms. The van der Waals surface area contributed by atoms with Crippen LogP contribution in [0.4, 0.5) is 0 Å². The average Bonchev–Trinajstić information content (AvgIpc) is 2.11. The van der Waals surface area contributed by atoms with Crippen LogP contribution in [0.25, 0.3) is 0 Å². The minimum atomic E-state index is -0.334. The van der Waals surface area contributed by atoms with Crippen LogP contribution < -0.4 is 17.4 Å². The Morgan fingerprint density at radius 1 is 1.54 bits per heavy atom. The van der Waals surface area contributed by atoms with Gasteiger partial charge in [-0.1, -0.05) is 6.92 Å². The van der Waals surface area contributed by atoms with E-state index in [2.05, 4.69) is 10.1 Å². The van der Waals surface area contributed by atoms with Gasteiger partial charge in [0.05, 0.1) is 0 Å². The number of likely N-dealkylation sites (N-methyl/N-ethyl adjacent to an activating group) is 1. The molecule has 0 aromatic carbocycles. The van der Waals surface area contributed by atoms with Crippen LogP contribution in [0.1, 0.15) is 13.3 Å². The number of aliphatic imine (C=N–C) groups is 1. The molecule has 74 valence electrons. The monoisotopic (exact) mass is 186 g/mol. The lowest BCUT2D eigenvalue weighted by atomic mass is 10.4. The average molecular weight is 186 g/mol. The second kappa shape index (κ2) is 5.09. The zero-order valence-corrected chi connectivity index (χ0v) is 7.69. The van der Waals surface area contributed by atoms with Gasteiger partial charge in [0.1, 0.15) is 0 Å². The molecule has 0 aliphatic rings. The molecule has 0 bridgehead atoms. The molecule has 0 aliphatic heterocycles. The third-order valence-corrected chi connectivity index (χ3v) is 1.24. The summed E-state index contributed by atoms with van der Waals surface area (Å²) < 4.78 is 0. The molecule has 0 aliphatic carbocycles. The number of hydrogen-bond acceptors (Lipinski definition) is 4. The first kappa shape index (κ1) is 11.4. The number of rotatable bonds is 1. The highest BCUT2D eigenvalue weighted by Crippen LogP contribution is 1.87. The summed E-state index contributed by atoms with van der Waals surface area (Å²) in [6.45, 7) is 1.68. The van der Waals surface area contributed by atoms with Crippen molar-refractivity contribution < 1.29 is 4.79 Å². The van der Waals surface area contributed by atoms with Gasteiger partial charge in [-0.25, -0.2) is 5.84 Å². The van der Waals surface area contributed by atoms with E-state index >= 15 is 0 Å². The molecular weight excluding hydrogens is 172 g/mol. The fourth-order valence-electron chi connectivity index (χ4n) is 0.572. The van der Waals surface area contributed by atoms with E-state index in [9.17, 15) is 4.79 Å². The van der Waals surface area contributed by atoms with Gasteiger partial charge in [0.2, 0.25) is 5.91 Å². The molecule has 1 amide bonds. The summed E-state index contributed by atoms with van der Waals surface area (Å²) in [5, 5.41) is 4.27. The molecular formula is C6H14N6O. The molecule has 0 rings (SSSR count). The number of nitrogens with zero attached hydrogens (tertiary/aromatic N) is 3. The minimum Gasteiger partial charge on any atom is -0.379 e.